The van der Waals surface area contributed by atoms with Crippen molar-refractivity contribution in [3.8, 4) is 0 Å². The average Bonchev–Trinajstić information content (AvgIpc) is 3.07. The number of aliphatic imine (C=N–C) groups is 1. The molecule has 0 amide bonds. The summed E-state index contributed by atoms with van der Waals surface area (Å²) in [5.41, 5.74) is 1.27. The second-order valence-corrected chi connectivity index (χ2v) is 5.75. The highest BCUT2D eigenvalue weighted by molar-refractivity contribution is 7.09. The van der Waals surface area contributed by atoms with Gasteiger partial charge in [0.1, 0.15) is 0 Å². The molecule has 4 nitrogen and oxygen atoms in total. The molecule has 0 aromatic carbocycles. The molecule has 0 saturated heterocycles. The van der Waals surface area contributed by atoms with Gasteiger partial charge in [0.2, 0.25) is 0 Å². The minimum Gasteiger partial charge on any atom is -0.357 e. The van der Waals surface area contributed by atoms with Crippen molar-refractivity contribution in [1.82, 2.24) is 14.8 Å². The van der Waals surface area contributed by atoms with Gasteiger partial charge in [0.25, 0.3) is 0 Å². The summed E-state index contributed by atoms with van der Waals surface area (Å²) in [6, 6.07) is 8.39. The third kappa shape index (κ3) is 3.87. The first-order valence-corrected chi connectivity index (χ1v) is 7.70. The molecule has 2 aromatic rings. The van der Waals surface area contributed by atoms with Gasteiger partial charge in [0.05, 0.1) is 13.1 Å². The predicted octanol–water partition coefficient (Wildman–Crippen LogP) is 2.68. The van der Waals surface area contributed by atoms with E-state index in [1.807, 2.05) is 0 Å². The monoisotopic (exact) mass is 290 g/mol. The first-order chi connectivity index (χ1) is 9.70. The van der Waals surface area contributed by atoms with E-state index in [1.54, 1.807) is 11.3 Å². The van der Waals surface area contributed by atoms with Crippen molar-refractivity contribution < 1.29 is 0 Å². The third-order valence-electron chi connectivity index (χ3n) is 3.11. The number of nitrogens with one attached hydrogen (secondary N) is 1. The molecule has 1 N–H and O–H groups in total. The van der Waals surface area contributed by atoms with Gasteiger partial charge in [-0.05, 0) is 30.5 Å². The summed E-state index contributed by atoms with van der Waals surface area (Å²) < 4.78 is 2.14. The Morgan fingerprint density at radius 1 is 1.40 bits per heavy atom. The predicted molar refractivity (Wildman–Crippen MR) is 86.0 cm³/mol. The maximum Gasteiger partial charge on any atom is 0.194 e. The summed E-state index contributed by atoms with van der Waals surface area (Å²) in [6.45, 7) is 4.55. The van der Waals surface area contributed by atoms with Crippen LogP contribution in [0.4, 0.5) is 0 Å². The van der Waals surface area contributed by atoms with E-state index in [9.17, 15) is 0 Å². The molecule has 0 aliphatic heterocycles. The summed E-state index contributed by atoms with van der Waals surface area (Å²) >= 11 is 1.75. The maximum atomic E-state index is 4.70. The van der Waals surface area contributed by atoms with E-state index in [-0.39, 0.29) is 0 Å². The minimum atomic E-state index is 0.734. The zero-order valence-corrected chi connectivity index (χ0v) is 13.2. The van der Waals surface area contributed by atoms with E-state index in [1.165, 1.54) is 10.6 Å². The Morgan fingerprint density at radius 3 is 2.85 bits per heavy atom. The molecule has 0 unspecified atom stereocenters. The Balaban J connectivity index is 2.03. The fraction of sp³-hybridized carbons (Fsp3) is 0.400. The van der Waals surface area contributed by atoms with Gasteiger partial charge < -0.3 is 14.8 Å². The fourth-order valence-corrected chi connectivity index (χ4v) is 2.63. The van der Waals surface area contributed by atoms with Crippen LogP contribution < -0.4 is 5.32 Å². The van der Waals surface area contributed by atoms with Gasteiger partial charge >= 0.3 is 0 Å². The van der Waals surface area contributed by atoms with Crippen LogP contribution in [0.2, 0.25) is 0 Å². The van der Waals surface area contributed by atoms with Gasteiger partial charge in [-0.1, -0.05) is 6.07 Å². The molecule has 0 spiro atoms. The minimum absolute atomic E-state index is 0.734. The van der Waals surface area contributed by atoms with Crippen LogP contribution in [-0.2, 0) is 20.1 Å². The third-order valence-corrected chi connectivity index (χ3v) is 3.97. The van der Waals surface area contributed by atoms with Crippen LogP contribution in [0, 0.1) is 0 Å². The topological polar surface area (TPSA) is 32.6 Å². The molecule has 5 heteroatoms. The second kappa shape index (κ2) is 7.14. The van der Waals surface area contributed by atoms with E-state index in [4.69, 9.17) is 4.99 Å². The van der Waals surface area contributed by atoms with Crippen LogP contribution in [-0.4, -0.2) is 29.0 Å². The highest BCUT2D eigenvalue weighted by atomic mass is 32.1. The molecule has 2 aromatic heterocycles. The number of hydrogen-bond acceptors (Lipinski definition) is 2. The Hall–Kier alpha value is -1.75. The number of thiophene rings is 1. The zero-order chi connectivity index (χ0) is 14.4. The number of guanidine groups is 1. The van der Waals surface area contributed by atoms with E-state index < -0.39 is 0 Å². The smallest absolute Gasteiger partial charge is 0.194 e. The lowest BCUT2D eigenvalue weighted by atomic mass is 10.4. The van der Waals surface area contributed by atoms with Crippen molar-refractivity contribution >= 4 is 17.3 Å². The summed E-state index contributed by atoms with van der Waals surface area (Å²) in [7, 11) is 4.14. The number of nitrogens with zero attached hydrogens (tertiary/aromatic N) is 3. The normalized spacial score (nSPS) is 11.7. The van der Waals surface area contributed by atoms with Crippen LogP contribution in [0.25, 0.3) is 0 Å². The Kier molecular flexibility index (Phi) is 5.24. The van der Waals surface area contributed by atoms with Crippen LogP contribution in [0.1, 0.15) is 17.5 Å². The molecule has 2 heterocycles. The van der Waals surface area contributed by atoms with Crippen LogP contribution in [0.3, 0.4) is 0 Å². The Bertz CT molecular complexity index is 542. The van der Waals surface area contributed by atoms with Gasteiger partial charge in [-0.2, -0.15) is 0 Å². The molecule has 0 aliphatic rings. The van der Waals surface area contributed by atoms with Gasteiger partial charge in [-0.15, -0.1) is 11.3 Å². The lowest BCUT2D eigenvalue weighted by Crippen LogP contribution is -2.38. The number of aromatic nitrogens is 1. The highest BCUT2D eigenvalue weighted by Crippen LogP contribution is 2.10. The molecule has 108 valence electrons. The molecular formula is C15H22N4S. The van der Waals surface area contributed by atoms with Gasteiger partial charge in [-0.3, -0.25) is 0 Å². The molecule has 0 aliphatic carbocycles. The van der Waals surface area contributed by atoms with Crippen LogP contribution in [0.5, 0.6) is 0 Å². The lowest BCUT2D eigenvalue weighted by Gasteiger charge is -2.22. The Morgan fingerprint density at radius 2 is 2.25 bits per heavy atom. The van der Waals surface area contributed by atoms with Crippen molar-refractivity contribution in [1.29, 1.82) is 0 Å². The average molecular weight is 290 g/mol. The number of rotatable bonds is 5. The molecule has 0 atom stereocenters. The van der Waals surface area contributed by atoms with Crippen molar-refractivity contribution in [2.75, 3.05) is 13.6 Å². The number of hydrogen-bond donors (Lipinski definition) is 1. The van der Waals surface area contributed by atoms with E-state index >= 15 is 0 Å². The largest absolute Gasteiger partial charge is 0.357 e. The SMILES string of the molecule is CCNC(=NCc1cccs1)N(C)Cc1cccn1C. The summed E-state index contributed by atoms with van der Waals surface area (Å²) in [5.74, 6) is 0.946. The molecule has 0 radical (unpaired) electrons. The molecule has 20 heavy (non-hydrogen) atoms. The van der Waals surface area contributed by atoms with Crippen LogP contribution >= 0.6 is 11.3 Å². The van der Waals surface area contributed by atoms with Gasteiger partial charge in [0.15, 0.2) is 5.96 Å². The van der Waals surface area contributed by atoms with Gasteiger partial charge in [0, 0.05) is 37.4 Å². The zero-order valence-electron chi connectivity index (χ0n) is 12.3. The van der Waals surface area contributed by atoms with Crippen molar-refractivity contribution in [3.63, 3.8) is 0 Å². The standard InChI is InChI=1S/C15H22N4S/c1-4-16-15(17-11-14-8-6-10-20-14)19(3)12-13-7-5-9-18(13)2/h5-10H,4,11-12H2,1-3H3,(H,16,17). The van der Waals surface area contributed by atoms with Crippen molar-refractivity contribution in [3.05, 3.63) is 46.4 Å². The molecule has 0 bridgehead atoms. The maximum absolute atomic E-state index is 4.70. The lowest BCUT2D eigenvalue weighted by molar-refractivity contribution is 0.462. The highest BCUT2D eigenvalue weighted by Gasteiger charge is 2.08. The fourth-order valence-electron chi connectivity index (χ4n) is 2.00. The van der Waals surface area contributed by atoms with Crippen molar-refractivity contribution in [2.45, 2.75) is 20.0 Å². The van der Waals surface area contributed by atoms with Crippen LogP contribution in [0.15, 0.2) is 40.8 Å². The summed E-state index contributed by atoms with van der Waals surface area (Å²) in [4.78, 5) is 8.14. The molecule has 2 rings (SSSR count). The molecule has 0 saturated carbocycles. The van der Waals surface area contributed by atoms with E-state index in [2.05, 4.69) is 71.6 Å². The second-order valence-electron chi connectivity index (χ2n) is 4.72. The molecule has 0 fully saturated rings. The van der Waals surface area contributed by atoms with Gasteiger partial charge in [-0.25, -0.2) is 4.99 Å². The Labute approximate surface area is 124 Å². The number of aryl methyl sites for hydroxylation is 1. The first kappa shape index (κ1) is 14.7. The van der Waals surface area contributed by atoms with E-state index in [0.717, 1.165) is 25.6 Å². The quantitative estimate of drug-likeness (QED) is 0.678. The molecular weight excluding hydrogens is 268 g/mol. The van der Waals surface area contributed by atoms with E-state index in [0.29, 0.717) is 0 Å². The summed E-state index contributed by atoms with van der Waals surface area (Å²) in [6.07, 6.45) is 2.07. The first-order valence-electron chi connectivity index (χ1n) is 6.82. The van der Waals surface area contributed by atoms with Crippen molar-refractivity contribution in [2.24, 2.45) is 12.0 Å². The summed E-state index contributed by atoms with van der Waals surface area (Å²) in [5, 5.41) is 5.44.